The van der Waals surface area contributed by atoms with Gasteiger partial charge in [0.25, 0.3) is 5.91 Å². The number of imide groups is 1. The van der Waals surface area contributed by atoms with Gasteiger partial charge in [-0.1, -0.05) is 17.7 Å². The highest BCUT2D eigenvalue weighted by Crippen LogP contribution is 2.31. The van der Waals surface area contributed by atoms with Gasteiger partial charge in [-0.3, -0.25) is 24.7 Å². The molecule has 1 unspecified atom stereocenters. The van der Waals surface area contributed by atoms with E-state index in [4.69, 9.17) is 27.8 Å². The first-order valence-electron chi connectivity index (χ1n) is 8.94. The molecule has 1 N–H and O–H groups in total. The monoisotopic (exact) mass is 521 g/mol. The number of alkyl halides is 1. The topological polar surface area (TPSA) is 102 Å². The SMILES string of the molecule is O=C1CCC(N2Cc3cc(-c4cc(CCl)c(Cl)cn4)ccc3C2=O)C(=O)N1.[O-][S+](Cl)Cl. The normalized spacial score (nSPS) is 17.9. The summed E-state index contributed by atoms with van der Waals surface area (Å²) in [5.41, 5.74) is 3.73. The summed E-state index contributed by atoms with van der Waals surface area (Å²) >= 11 is 12.0. The number of carbonyl (C=O) groups excluding carboxylic acids is 3. The Hall–Kier alpha value is -1.55. The third-order valence-electron chi connectivity index (χ3n) is 4.90. The fourth-order valence-corrected chi connectivity index (χ4v) is 3.93. The summed E-state index contributed by atoms with van der Waals surface area (Å²) < 4.78 is 9.09. The van der Waals surface area contributed by atoms with Crippen molar-refractivity contribution in [2.75, 3.05) is 0 Å². The molecule has 2 aliphatic rings. The first-order valence-corrected chi connectivity index (χ1v) is 12.7. The van der Waals surface area contributed by atoms with Gasteiger partial charge < -0.3 is 9.45 Å². The molecule has 2 aromatic rings. The number of hydrogen-bond acceptors (Lipinski definition) is 5. The van der Waals surface area contributed by atoms with E-state index in [-0.39, 0.29) is 24.1 Å². The quantitative estimate of drug-likeness (QED) is 0.373. The Balaban J connectivity index is 0.000000628. The minimum atomic E-state index is -1.67. The van der Waals surface area contributed by atoms with E-state index in [1.807, 2.05) is 18.2 Å². The zero-order chi connectivity index (χ0) is 22.7. The van der Waals surface area contributed by atoms with Crippen molar-refractivity contribution in [1.82, 2.24) is 15.2 Å². The van der Waals surface area contributed by atoms with Gasteiger partial charge in [-0.05, 0) is 35.7 Å². The highest BCUT2D eigenvalue weighted by molar-refractivity contribution is 8.31. The Morgan fingerprint density at radius 3 is 2.58 bits per heavy atom. The lowest BCUT2D eigenvalue weighted by atomic mass is 10.0. The predicted octanol–water partition coefficient (Wildman–Crippen LogP) is 3.94. The van der Waals surface area contributed by atoms with Crippen LogP contribution in [-0.2, 0) is 31.6 Å². The lowest BCUT2D eigenvalue weighted by molar-refractivity contribution is -0.136. The van der Waals surface area contributed by atoms with Crippen LogP contribution in [0.1, 0.15) is 34.3 Å². The molecule has 0 spiro atoms. The Labute approximate surface area is 200 Å². The summed E-state index contributed by atoms with van der Waals surface area (Å²) in [5.74, 6) is -0.636. The highest BCUT2D eigenvalue weighted by atomic mass is 36.0. The zero-order valence-electron chi connectivity index (χ0n) is 15.7. The number of nitrogens with zero attached hydrogens (tertiary/aromatic N) is 2. The van der Waals surface area contributed by atoms with Crippen molar-refractivity contribution >= 4 is 71.9 Å². The van der Waals surface area contributed by atoms with Crippen LogP contribution in [0.15, 0.2) is 30.5 Å². The molecule has 3 amide bonds. The summed E-state index contributed by atoms with van der Waals surface area (Å²) in [6, 6.07) is 6.66. The summed E-state index contributed by atoms with van der Waals surface area (Å²) in [4.78, 5) is 42.1. The Morgan fingerprint density at radius 2 is 1.94 bits per heavy atom. The first kappa shape index (κ1) is 24.1. The van der Waals surface area contributed by atoms with Gasteiger partial charge in [0.2, 0.25) is 11.8 Å². The summed E-state index contributed by atoms with van der Waals surface area (Å²) in [5, 5.41) is 2.81. The number of piperidine rings is 1. The molecule has 0 radical (unpaired) electrons. The summed E-state index contributed by atoms with van der Waals surface area (Å²) in [6.45, 7) is 0.324. The highest BCUT2D eigenvalue weighted by Gasteiger charge is 2.39. The van der Waals surface area contributed by atoms with Crippen molar-refractivity contribution in [3.8, 4) is 11.3 Å². The maximum atomic E-state index is 12.7. The predicted molar refractivity (Wildman–Crippen MR) is 120 cm³/mol. The molecular weight excluding hydrogens is 508 g/mol. The molecule has 1 atom stereocenters. The minimum absolute atomic E-state index is 0.198. The molecule has 0 aliphatic carbocycles. The number of nitrogens with one attached hydrogen (secondary N) is 1. The molecule has 2 aliphatic heterocycles. The number of amides is 3. The fraction of sp³-hybridized carbons (Fsp3) is 0.263. The van der Waals surface area contributed by atoms with Gasteiger partial charge >= 0.3 is 0 Å². The first-order chi connectivity index (χ1) is 14.7. The van der Waals surface area contributed by atoms with Crippen LogP contribution in [0.2, 0.25) is 5.02 Å². The van der Waals surface area contributed by atoms with Crippen LogP contribution in [-0.4, -0.2) is 38.2 Å². The van der Waals surface area contributed by atoms with Gasteiger partial charge in [-0.25, -0.2) is 0 Å². The number of halogens is 4. The number of rotatable bonds is 3. The van der Waals surface area contributed by atoms with E-state index in [1.54, 1.807) is 12.3 Å². The second-order valence-electron chi connectivity index (χ2n) is 6.75. The van der Waals surface area contributed by atoms with E-state index < -0.39 is 21.6 Å². The molecule has 0 bridgehead atoms. The lowest BCUT2D eigenvalue weighted by Gasteiger charge is -2.29. The standard InChI is InChI=1S/C19H15Cl2N3O3.Cl2OS/c20-7-11-6-15(22-8-14(11)21)10-1-2-13-12(5-10)9-24(19(13)27)16-3-4-17(25)23-18(16)26;1-4(2)3/h1-2,5-6,8,16H,3-4,7,9H2,(H,23,25,26);. The molecule has 1 fully saturated rings. The molecule has 1 saturated heterocycles. The molecular formula is C19H15Cl4N3O4S. The second kappa shape index (κ2) is 10.4. The zero-order valence-corrected chi connectivity index (χ0v) is 19.6. The van der Waals surface area contributed by atoms with Crippen molar-refractivity contribution in [1.29, 1.82) is 0 Å². The van der Waals surface area contributed by atoms with Gasteiger partial charge in [0.1, 0.15) is 6.04 Å². The van der Waals surface area contributed by atoms with E-state index in [0.717, 1.165) is 16.7 Å². The summed E-state index contributed by atoms with van der Waals surface area (Å²) in [7, 11) is 7.36. The average molecular weight is 523 g/mol. The van der Waals surface area contributed by atoms with Crippen molar-refractivity contribution in [3.05, 3.63) is 52.2 Å². The second-order valence-corrected chi connectivity index (χ2v) is 9.95. The van der Waals surface area contributed by atoms with Crippen molar-refractivity contribution in [3.63, 3.8) is 0 Å². The van der Waals surface area contributed by atoms with Crippen LogP contribution in [0, 0.1) is 0 Å². The van der Waals surface area contributed by atoms with Gasteiger partial charge in [-0.15, -0.1) is 11.6 Å². The van der Waals surface area contributed by atoms with Crippen LogP contribution in [0.5, 0.6) is 0 Å². The maximum Gasteiger partial charge on any atom is 0.255 e. The van der Waals surface area contributed by atoms with Crippen LogP contribution in [0.4, 0.5) is 0 Å². The van der Waals surface area contributed by atoms with Gasteiger partial charge in [-0.2, -0.15) is 0 Å². The molecule has 12 heteroatoms. The number of hydrogen-bond donors (Lipinski definition) is 1. The smallest absolute Gasteiger partial charge is 0.255 e. The third kappa shape index (κ3) is 5.63. The Morgan fingerprint density at radius 1 is 1.23 bits per heavy atom. The number of carbonyl (C=O) groups is 3. The summed E-state index contributed by atoms with van der Waals surface area (Å²) in [6.07, 6.45) is 2.13. The number of pyridine rings is 1. The molecule has 3 heterocycles. The fourth-order valence-electron chi connectivity index (χ4n) is 3.47. The maximum absolute atomic E-state index is 12.7. The average Bonchev–Trinajstić information content (AvgIpc) is 3.03. The molecule has 7 nitrogen and oxygen atoms in total. The van der Waals surface area contributed by atoms with Crippen molar-refractivity contribution in [2.45, 2.75) is 31.3 Å². The van der Waals surface area contributed by atoms with Crippen molar-refractivity contribution < 1.29 is 18.9 Å². The van der Waals surface area contributed by atoms with E-state index >= 15 is 0 Å². The van der Waals surface area contributed by atoms with Crippen molar-refractivity contribution in [2.24, 2.45) is 0 Å². The molecule has 1 aromatic carbocycles. The van der Waals surface area contributed by atoms with E-state index in [9.17, 15) is 14.4 Å². The van der Waals surface area contributed by atoms with Crippen LogP contribution < -0.4 is 5.32 Å². The molecule has 164 valence electrons. The van der Waals surface area contributed by atoms with Gasteiger partial charge in [0.05, 0.1) is 10.7 Å². The largest absolute Gasteiger partial charge is 0.582 e. The molecule has 0 saturated carbocycles. The Kier molecular flexibility index (Phi) is 8.07. The van der Waals surface area contributed by atoms with Gasteiger partial charge in [0.15, 0.2) is 31.0 Å². The minimum Gasteiger partial charge on any atom is -0.582 e. The number of aromatic nitrogens is 1. The van der Waals surface area contributed by atoms with E-state index in [0.29, 0.717) is 29.2 Å². The molecule has 1 aromatic heterocycles. The molecule has 4 rings (SSSR count). The van der Waals surface area contributed by atoms with E-state index in [1.165, 1.54) is 4.90 Å². The van der Waals surface area contributed by atoms with Crippen LogP contribution >= 0.6 is 44.6 Å². The van der Waals surface area contributed by atoms with Crippen LogP contribution in [0.3, 0.4) is 0 Å². The van der Waals surface area contributed by atoms with E-state index in [2.05, 4.69) is 31.7 Å². The Bertz CT molecular complexity index is 1030. The number of fused-ring (bicyclic) bond motifs is 1. The lowest BCUT2D eigenvalue weighted by Crippen LogP contribution is -2.52. The van der Waals surface area contributed by atoms with Crippen LogP contribution in [0.25, 0.3) is 11.3 Å². The molecule has 31 heavy (non-hydrogen) atoms. The number of benzene rings is 1. The van der Waals surface area contributed by atoms with Gasteiger partial charge in [0, 0.05) is 36.2 Å². The third-order valence-corrected chi connectivity index (χ3v) is 5.53.